The number of rotatable bonds is 6. The fourth-order valence-corrected chi connectivity index (χ4v) is 2.10. The van der Waals surface area contributed by atoms with E-state index >= 15 is 0 Å². The third kappa shape index (κ3) is 5.93. The summed E-state index contributed by atoms with van der Waals surface area (Å²) in [7, 11) is 4.18. The Hall–Kier alpha value is -3.17. The third-order valence-electron chi connectivity index (χ3n) is 3.18. The molecule has 28 heavy (non-hydrogen) atoms. The molecular formula is C18H26N2O8. The molecular weight excluding hydrogens is 372 g/mol. The first-order valence-electron chi connectivity index (χ1n) is 8.46. The van der Waals surface area contributed by atoms with E-state index in [-0.39, 0.29) is 22.8 Å². The van der Waals surface area contributed by atoms with E-state index in [0.29, 0.717) is 5.01 Å². The number of nitrogens with zero attached hydrogens (tertiary/aromatic N) is 1. The van der Waals surface area contributed by atoms with E-state index in [1.54, 1.807) is 27.7 Å². The Labute approximate surface area is 163 Å². The molecule has 10 nitrogen and oxygen atoms in total. The fraction of sp³-hybridized carbons (Fsp3) is 0.500. The molecule has 0 aliphatic carbocycles. The van der Waals surface area contributed by atoms with Gasteiger partial charge < -0.3 is 23.7 Å². The molecule has 3 amide bonds. The number of methoxy groups -OCH3 is 3. The van der Waals surface area contributed by atoms with Gasteiger partial charge in [0.1, 0.15) is 0 Å². The van der Waals surface area contributed by atoms with Gasteiger partial charge in [-0.15, -0.1) is 5.01 Å². The molecule has 0 atom stereocenters. The zero-order chi connectivity index (χ0) is 21.4. The number of ether oxygens (including phenoxy) is 5. The molecule has 0 fully saturated rings. The summed E-state index contributed by atoms with van der Waals surface area (Å²) in [6.45, 7) is 6.45. The third-order valence-corrected chi connectivity index (χ3v) is 3.18. The second kappa shape index (κ2) is 10.2. The average Bonchev–Trinajstić information content (AvgIpc) is 2.62. The van der Waals surface area contributed by atoms with Crippen LogP contribution in [0.25, 0.3) is 0 Å². The van der Waals surface area contributed by atoms with Crippen LogP contribution in [0.3, 0.4) is 0 Å². The minimum atomic E-state index is -1.07. The second-order valence-electron chi connectivity index (χ2n) is 6.05. The van der Waals surface area contributed by atoms with Crippen molar-refractivity contribution in [2.45, 2.75) is 39.9 Å². The van der Waals surface area contributed by atoms with E-state index in [1.807, 2.05) is 0 Å². The molecule has 0 aliphatic rings. The van der Waals surface area contributed by atoms with Crippen LogP contribution in [-0.4, -0.2) is 56.6 Å². The molecule has 0 saturated carbocycles. The highest BCUT2D eigenvalue weighted by atomic mass is 16.6. The predicted octanol–water partition coefficient (Wildman–Crippen LogP) is 2.75. The number of imide groups is 1. The highest BCUT2D eigenvalue weighted by molar-refractivity contribution is 6.04. The van der Waals surface area contributed by atoms with Crippen molar-refractivity contribution >= 4 is 18.1 Å². The van der Waals surface area contributed by atoms with Gasteiger partial charge in [-0.3, -0.25) is 4.79 Å². The summed E-state index contributed by atoms with van der Waals surface area (Å²) < 4.78 is 25.6. The maximum absolute atomic E-state index is 12.9. The van der Waals surface area contributed by atoms with Crippen LogP contribution >= 0.6 is 0 Å². The molecule has 1 rings (SSSR count). The van der Waals surface area contributed by atoms with Crippen LogP contribution in [0.5, 0.6) is 17.2 Å². The van der Waals surface area contributed by atoms with Gasteiger partial charge in [0.2, 0.25) is 5.75 Å². The van der Waals surface area contributed by atoms with Crippen LogP contribution < -0.4 is 19.6 Å². The topological polar surface area (TPSA) is 113 Å². The quantitative estimate of drug-likeness (QED) is 0.728. The first-order chi connectivity index (χ1) is 13.1. The van der Waals surface area contributed by atoms with Gasteiger partial charge in [0.25, 0.3) is 5.91 Å². The Morgan fingerprint density at radius 1 is 0.857 bits per heavy atom. The number of hydrogen-bond acceptors (Lipinski definition) is 8. The van der Waals surface area contributed by atoms with Crippen LogP contribution in [0.1, 0.15) is 38.1 Å². The van der Waals surface area contributed by atoms with Crippen molar-refractivity contribution in [2.75, 3.05) is 21.3 Å². The summed E-state index contributed by atoms with van der Waals surface area (Å²) in [5, 5.41) is 0.422. The summed E-state index contributed by atoms with van der Waals surface area (Å²) in [6.07, 6.45) is -3.05. The minimum Gasteiger partial charge on any atom is -0.493 e. The van der Waals surface area contributed by atoms with Crippen molar-refractivity contribution < 1.29 is 38.1 Å². The van der Waals surface area contributed by atoms with Gasteiger partial charge in [0.05, 0.1) is 33.5 Å². The first kappa shape index (κ1) is 22.9. The van der Waals surface area contributed by atoms with E-state index in [4.69, 9.17) is 23.7 Å². The Kier molecular flexibility index (Phi) is 8.36. The van der Waals surface area contributed by atoms with E-state index in [1.165, 1.54) is 33.5 Å². The number of nitrogens with one attached hydrogen (secondary N) is 1. The molecule has 1 N–H and O–H groups in total. The van der Waals surface area contributed by atoms with Crippen molar-refractivity contribution in [1.82, 2.24) is 10.4 Å². The molecule has 1 aromatic carbocycles. The monoisotopic (exact) mass is 398 g/mol. The van der Waals surface area contributed by atoms with Gasteiger partial charge in [-0.1, -0.05) is 0 Å². The number of amides is 3. The highest BCUT2D eigenvalue weighted by Crippen LogP contribution is 2.38. The Balaban J connectivity index is 3.30. The van der Waals surface area contributed by atoms with Crippen molar-refractivity contribution in [3.05, 3.63) is 17.7 Å². The van der Waals surface area contributed by atoms with Crippen molar-refractivity contribution in [2.24, 2.45) is 0 Å². The first-order valence-corrected chi connectivity index (χ1v) is 8.46. The van der Waals surface area contributed by atoms with Gasteiger partial charge in [-0.2, -0.15) is 0 Å². The van der Waals surface area contributed by atoms with Gasteiger partial charge in [0, 0.05) is 5.56 Å². The summed E-state index contributed by atoms with van der Waals surface area (Å²) in [4.78, 5) is 37.2. The largest absolute Gasteiger partial charge is 0.493 e. The SMILES string of the molecule is COc1cc(C(=O)N(NC(=O)OC(C)C)C(=O)OC(C)C)cc(OC)c1OC. The Morgan fingerprint density at radius 2 is 1.36 bits per heavy atom. The maximum atomic E-state index is 12.9. The molecule has 0 aromatic heterocycles. The zero-order valence-electron chi connectivity index (χ0n) is 17.0. The van der Waals surface area contributed by atoms with Crippen LogP contribution in [-0.2, 0) is 9.47 Å². The molecule has 0 heterocycles. The summed E-state index contributed by atoms with van der Waals surface area (Å²) in [5.41, 5.74) is 2.08. The van der Waals surface area contributed by atoms with Gasteiger partial charge >= 0.3 is 12.2 Å². The molecule has 0 radical (unpaired) electrons. The Morgan fingerprint density at radius 3 is 1.75 bits per heavy atom. The van der Waals surface area contributed by atoms with Crippen LogP contribution in [0.15, 0.2) is 12.1 Å². The molecule has 0 bridgehead atoms. The average molecular weight is 398 g/mol. The van der Waals surface area contributed by atoms with Crippen LogP contribution in [0.4, 0.5) is 9.59 Å². The predicted molar refractivity (Wildman–Crippen MR) is 98.6 cm³/mol. The number of benzene rings is 1. The smallest absolute Gasteiger partial charge is 0.436 e. The standard InChI is InChI=1S/C18H26N2O8/c1-10(2)27-17(22)19-20(18(23)28-11(3)4)16(21)12-8-13(24-5)15(26-7)14(9-12)25-6/h8-11H,1-7H3,(H,19,22). The van der Waals surface area contributed by atoms with E-state index in [0.717, 1.165) is 0 Å². The molecule has 10 heteroatoms. The molecule has 156 valence electrons. The number of carbonyl (C=O) groups excluding carboxylic acids is 3. The van der Waals surface area contributed by atoms with E-state index < -0.39 is 30.3 Å². The molecule has 0 aliphatic heterocycles. The van der Waals surface area contributed by atoms with Crippen LogP contribution in [0.2, 0.25) is 0 Å². The molecule has 0 saturated heterocycles. The number of carbonyl (C=O) groups is 3. The van der Waals surface area contributed by atoms with Crippen molar-refractivity contribution in [3.63, 3.8) is 0 Å². The highest BCUT2D eigenvalue weighted by Gasteiger charge is 2.30. The minimum absolute atomic E-state index is 0.0138. The zero-order valence-corrected chi connectivity index (χ0v) is 17.0. The number of hydrazine groups is 1. The van der Waals surface area contributed by atoms with Crippen LogP contribution in [0, 0.1) is 0 Å². The molecule has 0 unspecified atom stereocenters. The Bertz CT molecular complexity index is 693. The summed E-state index contributed by atoms with van der Waals surface area (Å²) >= 11 is 0. The van der Waals surface area contributed by atoms with Crippen molar-refractivity contribution in [1.29, 1.82) is 0 Å². The molecule has 0 spiro atoms. The lowest BCUT2D eigenvalue weighted by Gasteiger charge is -2.23. The lowest BCUT2D eigenvalue weighted by molar-refractivity contribution is 0.0382. The fourth-order valence-electron chi connectivity index (χ4n) is 2.10. The summed E-state index contributed by atoms with van der Waals surface area (Å²) in [6, 6.07) is 2.68. The molecule has 1 aromatic rings. The van der Waals surface area contributed by atoms with Gasteiger partial charge in [-0.25, -0.2) is 15.0 Å². The lowest BCUT2D eigenvalue weighted by Crippen LogP contribution is -2.51. The lowest BCUT2D eigenvalue weighted by atomic mass is 10.1. The van der Waals surface area contributed by atoms with E-state index in [2.05, 4.69) is 5.43 Å². The second-order valence-corrected chi connectivity index (χ2v) is 6.05. The summed E-state index contributed by atoms with van der Waals surface area (Å²) in [5.74, 6) is -0.213. The van der Waals surface area contributed by atoms with E-state index in [9.17, 15) is 14.4 Å². The number of hydrogen-bond donors (Lipinski definition) is 1. The van der Waals surface area contributed by atoms with Gasteiger partial charge in [-0.05, 0) is 39.8 Å². The normalized spacial score (nSPS) is 10.3. The van der Waals surface area contributed by atoms with Gasteiger partial charge in [0.15, 0.2) is 11.5 Å². The maximum Gasteiger partial charge on any atom is 0.436 e. The van der Waals surface area contributed by atoms with Crippen molar-refractivity contribution in [3.8, 4) is 17.2 Å².